The number of rotatable bonds is 4. The molecule has 0 N–H and O–H groups in total. The largest absolute Gasteiger partial charge is 0.294 e. The molecular formula is C47H29N5. The Kier molecular flexibility index (Phi) is 6.18. The molecule has 52 heavy (non-hydrogen) atoms. The van der Waals surface area contributed by atoms with Crippen LogP contribution in [0.5, 0.6) is 0 Å². The molecule has 0 saturated carbocycles. The molecule has 0 bridgehead atoms. The topological polar surface area (TPSA) is 48.5 Å². The fraction of sp³-hybridized carbons (Fsp3) is 0. The van der Waals surface area contributed by atoms with Crippen LogP contribution in [0, 0.1) is 0 Å². The zero-order valence-corrected chi connectivity index (χ0v) is 28.0. The third kappa shape index (κ3) is 4.33. The van der Waals surface area contributed by atoms with Crippen molar-refractivity contribution >= 4 is 65.4 Å². The van der Waals surface area contributed by atoms with Crippen molar-refractivity contribution in [2.45, 2.75) is 0 Å². The van der Waals surface area contributed by atoms with Crippen molar-refractivity contribution in [1.29, 1.82) is 0 Å². The first kappa shape index (κ1) is 28.7. The molecule has 11 rings (SSSR count). The number of para-hydroxylation sites is 2. The molecule has 242 valence electrons. The summed E-state index contributed by atoms with van der Waals surface area (Å²) in [6, 6.07) is 60.0. The predicted molar refractivity (Wildman–Crippen MR) is 214 cm³/mol. The van der Waals surface area contributed by atoms with Crippen LogP contribution in [0.4, 0.5) is 0 Å². The Morgan fingerprint density at radius 1 is 0.365 bits per heavy atom. The molecule has 0 spiro atoms. The second-order valence-corrected chi connectivity index (χ2v) is 13.3. The van der Waals surface area contributed by atoms with Gasteiger partial charge in [-0.1, -0.05) is 115 Å². The third-order valence-electron chi connectivity index (χ3n) is 10.3. The highest BCUT2D eigenvalue weighted by atomic mass is 15.1. The summed E-state index contributed by atoms with van der Waals surface area (Å²) in [7, 11) is 0. The van der Waals surface area contributed by atoms with Crippen LogP contribution < -0.4 is 0 Å². The van der Waals surface area contributed by atoms with Crippen molar-refractivity contribution in [2.24, 2.45) is 0 Å². The highest BCUT2D eigenvalue weighted by molar-refractivity contribution is 6.21. The Hall–Kier alpha value is -7.11. The van der Waals surface area contributed by atoms with E-state index in [1.165, 1.54) is 32.5 Å². The number of hydrogen-bond donors (Lipinski definition) is 0. The normalized spacial score (nSPS) is 11.8. The molecule has 0 radical (unpaired) electrons. The van der Waals surface area contributed by atoms with Crippen LogP contribution in [-0.4, -0.2) is 24.1 Å². The fourth-order valence-electron chi connectivity index (χ4n) is 7.92. The van der Waals surface area contributed by atoms with Gasteiger partial charge in [-0.3, -0.25) is 9.13 Å². The van der Waals surface area contributed by atoms with Crippen LogP contribution in [0.15, 0.2) is 176 Å². The lowest BCUT2D eigenvalue weighted by Gasteiger charge is -2.14. The van der Waals surface area contributed by atoms with E-state index in [2.05, 4.69) is 143 Å². The Morgan fingerprint density at radius 2 is 0.962 bits per heavy atom. The summed E-state index contributed by atoms with van der Waals surface area (Å²) in [5, 5.41) is 7.06. The maximum Gasteiger partial charge on any atom is 0.165 e. The summed E-state index contributed by atoms with van der Waals surface area (Å²) < 4.78 is 4.63. The highest BCUT2D eigenvalue weighted by Crippen LogP contribution is 2.42. The second-order valence-electron chi connectivity index (χ2n) is 13.3. The van der Waals surface area contributed by atoms with Crippen LogP contribution in [0.25, 0.3) is 99.4 Å². The molecule has 0 atom stereocenters. The summed E-state index contributed by atoms with van der Waals surface area (Å²) in [5.74, 6) is 1.67. The molecule has 5 heteroatoms. The van der Waals surface area contributed by atoms with E-state index in [9.17, 15) is 0 Å². The molecule has 0 amide bonds. The first-order chi connectivity index (χ1) is 25.8. The van der Waals surface area contributed by atoms with Crippen LogP contribution in [0.1, 0.15) is 0 Å². The number of hydrogen-bond acceptors (Lipinski definition) is 3. The van der Waals surface area contributed by atoms with Crippen molar-refractivity contribution in [3.63, 3.8) is 0 Å². The second kappa shape index (κ2) is 11.2. The lowest BCUT2D eigenvalue weighted by atomic mass is 10.0. The van der Waals surface area contributed by atoms with E-state index < -0.39 is 0 Å². The minimum atomic E-state index is 0.798. The van der Waals surface area contributed by atoms with E-state index in [-0.39, 0.29) is 0 Å². The zero-order chi connectivity index (χ0) is 34.2. The minimum absolute atomic E-state index is 0.798. The fourth-order valence-corrected chi connectivity index (χ4v) is 7.92. The van der Waals surface area contributed by atoms with Gasteiger partial charge in [0.25, 0.3) is 0 Å². The predicted octanol–water partition coefficient (Wildman–Crippen LogP) is 11.7. The summed E-state index contributed by atoms with van der Waals surface area (Å²) in [4.78, 5) is 15.6. The number of benzene rings is 7. The average molecular weight is 664 g/mol. The van der Waals surface area contributed by atoms with Crippen molar-refractivity contribution in [1.82, 2.24) is 24.1 Å². The molecule has 0 aliphatic heterocycles. The quantitative estimate of drug-likeness (QED) is 0.188. The van der Waals surface area contributed by atoms with Gasteiger partial charge < -0.3 is 0 Å². The minimum Gasteiger partial charge on any atom is -0.294 e. The highest BCUT2D eigenvalue weighted by Gasteiger charge is 2.23. The lowest BCUT2D eigenvalue weighted by Crippen LogP contribution is -2.04. The standard InChI is InChI=1S/C47H29N5/c1-3-13-30(14-4-1)34-22-23-35-37-28-38-36-25-32-17-7-8-18-33(32)26-42(36)52(44(38)29-43(37)51(41(35)27-34)45-21-11-12-24-48-45)47-46(31-15-5-2-6-16-31)49-39-19-9-10-20-40(39)50-47/h1-29H. The van der Waals surface area contributed by atoms with Gasteiger partial charge in [-0.25, -0.2) is 15.0 Å². The number of pyridine rings is 1. The SMILES string of the molecule is c1ccc(-c2ccc3c4cc5c6cc7ccccc7cc6n(-c6nc7ccccc7nc6-c6ccccc6)c5cc4n(-c4ccccn4)c3c2)cc1. The molecule has 4 aromatic heterocycles. The summed E-state index contributed by atoms with van der Waals surface area (Å²) in [6.45, 7) is 0. The van der Waals surface area contributed by atoms with E-state index in [4.69, 9.17) is 15.0 Å². The molecule has 11 aromatic rings. The average Bonchev–Trinajstić information content (AvgIpc) is 3.70. The van der Waals surface area contributed by atoms with Crippen molar-refractivity contribution < 1.29 is 0 Å². The molecule has 0 saturated heterocycles. The maximum atomic E-state index is 5.40. The Labute approximate surface area is 298 Å². The van der Waals surface area contributed by atoms with E-state index in [0.717, 1.165) is 66.9 Å². The number of nitrogens with zero attached hydrogens (tertiary/aromatic N) is 5. The van der Waals surface area contributed by atoms with Gasteiger partial charge in [0.15, 0.2) is 5.82 Å². The van der Waals surface area contributed by atoms with Crippen LogP contribution in [-0.2, 0) is 0 Å². The van der Waals surface area contributed by atoms with Gasteiger partial charge in [0.05, 0.1) is 33.1 Å². The van der Waals surface area contributed by atoms with Gasteiger partial charge >= 0.3 is 0 Å². The first-order valence-corrected chi connectivity index (χ1v) is 17.5. The van der Waals surface area contributed by atoms with Crippen LogP contribution in [0.3, 0.4) is 0 Å². The molecule has 0 aliphatic rings. The molecule has 0 aliphatic carbocycles. The zero-order valence-electron chi connectivity index (χ0n) is 28.0. The van der Waals surface area contributed by atoms with E-state index >= 15 is 0 Å². The molecule has 7 aromatic carbocycles. The molecule has 5 nitrogen and oxygen atoms in total. The number of aromatic nitrogens is 5. The smallest absolute Gasteiger partial charge is 0.165 e. The van der Waals surface area contributed by atoms with E-state index in [1.54, 1.807) is 0 Å². The molecular weight excluding hydrogens is 635 g/mol. The van der Waals surface area contributed by atoms with Gasteiger partial charge in [-0.15, -0.1) is 0 Å². The van der Waals surface area contributed by atoms with Crippen molar-refractivity contribution in [3.05, 3.63) is 176 Å². The number of fused-ring (bicyclic) bond motifs is 8. The monoisotopic (exact) mass is 663 g/mol. The van der Waals surface area contributed by atoms with Gasteiger partial charge in [-0.05, 0) is 76.5 Å². The summed E-state index contributed by atoms with van der Waals surface area (Å²) in [5.41, 5.74) is 10.2. The molecule has 4 heterocycles. The third-order valence-corrected chi connectivity index (χ3v) is 10.3. The molecule has 0 unspecified atom stereocenters. The van der Waals surface area contributed by atoms with Gasteiger partial charge in [0.1, 0.15) is 11.5 Å². The van der Waals surface area contributed by atoms with E-state index in [0.29, 0.717) is 0 Å². The van der Waals surface area contributed by atoms with E-state index in [1.807, 2.05) is 42.6 Å². The lowest BCUT2D eigenvalue weighted by molar-refractivity contribution is 1.07. The Bertz CT molecular complexity index is 3160. The Balaban J connectivity index is 1.32. The van der Waals surface area contributed by atoms with Gasteiger partial charge in [0.2, 0.25) is 0 Å². The summed E-state index contributed by atoms with van der Waals surface area (Å²) >= 11 is 0. The van der Waals surface area contributed by atoms with Crippen molar-refractivity contribution in [2.75, 3.05) is 0 Å². The summed E-state index contributed by atoms with van der Waals surface area (Å²) in [6.07, 6.45) is 1.87. The van der Waals surface area contributed by atoms with Crippen LogP contribution >= 0.6 is 0 Å². The van der Waals surface area contributed by atoms with Crippen LogP contribution in [0.2, 0.25) is 0 Å². The first-order valence-electron chi connectivity index (χ1n) is 17.5. The van der Waals surface area contributed by atoms with Gasteiger partial charge in [0, 0.05) is 33.3 Å². The Morgan fingerprint density at radius 3 is 1.73 bits per heavy atom. The molecule has 0 fully saturated rings. The van der Waals surface area contributed by atoms with Crippen molar-refractivity contribution in [3.8, 4) is 34.0 Å². The maximum absolute atomic E-state index is 5.40. The van der Waals surface area contributed by atoms with Gasteiger partial charge in [-0.2, -0.15) is 0 Å².